The Hall–Kier alpha value is -3.78. The molecular formula is C22H18FN5O2. The molecule has 7 nitrogen and oxygen atoms in total. The quantitative estimate of drug-likeness (QED) is 0.531. The highest BCUT2D eigenvalue weighted by atomic mass is 19.1. The van der Waals surface area contributed by atoms with E-state index in [0.717, 1.165) is 16.8 Å². The molecule has 0 atom stereocenters. The third-order valence-electron chi connectivity index (χ3n) is 5.06. The van der Waals surface area contributed by atoms with Gasteiger partial charge in [0, 0.05) is 30.4 Å². The van der Waals surface area contributed by atoms with Crippen molar-refractivity contribution in [2.24, 2.45) is 0 Å². The Bertz CT molecular complexity index is 1280. The summed E-state index contributed by atoms with van der Waals surface area (Å²) in [5, 5.41) is 6.29. The fourth-order valence-electron chi connectivity index (χ4n) is 3.58. The van der Waals surface area contributed by atoms with Gasteiger partial charge in [-0.1, -0.05) is 12.1 Å². The maximum atomic E-state index is 15.1. The van der Waals surface area contributed by atoms with Crippen LogP contribution in [-0.2, 0) is 13.1 Å². The van der Waals surface area contributed by atoms with E-state index in [-0.39, 0.29) is 17.2 Å². The lowest BCUT2D eigenvalue weighted by molar-refractivity contribution is 0.254. The third-order valence-corrected chi connectivity index (χ3v) is 5.06. The number of benzene rings is 2. The van der Waals surface area contributed by atoms with Crippen LogP contribution < -0.4 is 15.4 Å². The number of carbonyl (C=O) groups is 1. The second-order valence-corrected chi connectivity index (χ2v) is 7.11. The van der Waals surface area contributed by atoms with Crippen LogP contribution in [0.15, 0.2) is 55.0 Å². The van der Waals surface area contributed by atoms with Crippen molar-refractivity contribution < 1.29 is 13.9 Å². The zero-order valence-corrected chi connectivity index (χ0v) is 16.1. The minimum atomic E-state index is -0.548. The van der Waals surface area contributed by atoms with Crippen molar-refractivity contribution in [3.63, 3.8) is 0 Å². The molecule has 0 saturated carbocycles. The van der Waals surface area contributed by atoms with Gasteiger partial charge in [-0.15, -0.1) is 0 Å². The first-order valence-corrected chi connectivity index (χ1v) is 9.49. The smallest absolute Gasteiger partial charge is 0.330 e. The highest BCUT2D eigenvalue weighted by Gasteiger charge is 2.21. The lowest BCUT2D eigenvalue weighted by atomic mass is 10.2. The SMILES string of the molecule is Cc1cccc(NC(=O)n2ccc3c(F)c(Oc4ncnc5c4CNC5)ccc32)c1. The molecule has 1 aliphatic rings. The second-order valence-electron chi connectivity index (χ2n) is 7.11. The molecule has 0 aliphatic carbocycles. The van der Waals surface area contributed by atoms with Crippen LogP contribution in [0.3, 0.4) is 0 Å². The van der Waals surface area contributed by atoms with Crippen molar-refractivity contribution in [1.82, 2.24) is 19.9 Å². The largest absolute Gasteiger partial charge is 0.435 e. The molecule has 0 radical (unpaired) electrons. The zero-order valence-electron chi connectivity index (χ0n) is 16.1. The van der Waals surface area contributed by atoms with E-state index in [9.17, 15) is 4.79 Å². The lowest BCUT2D eigenvalue weighted by Crippen LogP contribution is -2.18. The van der Waals surface area contributed by atoms with Crippen molar-refractivity contribution >= 4 is 22.6 Å². The lowest BCUT2D eigenvalue weighted by Gasteiger charge is -2.11. The number of halogens is 1. The summed E-state index contributed by atoms with van der Waals surface area (Å²) in [6.45, 7) is 3.15. The predicted molar refractivity (Wildman–Crippen MR) is 110 cm³/mol. The zero-order chi connectivity index (χ0) is 20.7. The summed E-state index contributed by atoms with van der Waals surface area (Å²) in [7, 11) is 0. The fraction of sp³-hybridized carbons (Fsp3) is 0.136. The first-order chi connectivity index (χ1) is 14.6. The summed E-state index contributed by atoms with van der Waals surface area (Å²) in [6.07, 6.45) is 2.94. The van der Waals surface area contributed by atoms with Gasteiger partial charge in [-0.25, -0.2) is 19.2 Å². The van der Waals surface area contributed by atoms with Gasteiger partial charge >= 0.3 is 6.03 Å². The minimum absolute atomic E-state index is 0.0483. The molecule has 8 heteroatoms. The number of hydrogen-bond donors (Lipinski definition) is 2. The van der Waals surface area contributed by atoms with Crippen LogP contribution in [0.25, 0.3) is 10.9 Å². The molecule has 0 unspecified atom stereocenters. The number of aryl methyl sites for hydroxylation is 1. The van der Waals surface area contributed by atoms with Gasteiger partial charge in [0.15, 0.2) is 11.6 Å². The monoisotopic (exact) mass is 403 g/mol. The van der Waals surface area contributed by atoms with Gasteiger partial charge in [0.1, 0.15) is 6.33 Å². The van der Waals surface area contributed by atoms with Gasteiger partial charge < -0.3 is 15.4 Å². The maximum absolute atomic E-state index is 15.1. The van der Waals surface area contributed by atoms with E-state index in [1.807, 2.05) is 25.1 Å². The van der Waals surface area contributed by atoms with Crippen LogP contribution in [0.4, 0.5) is 14.9 Å². The van der Waals surface area contributed by atoms with Crippen LogP contribution in [0.2, 0.25) is 0 Å². The Balaban J connectivity index is 1.45. The number of nitrogens with one attached hydrogen (secondary N) is 2. The Kier molecular flexibility index (Phi) is 4.40. The Labute approximate surface area is 171 Å². The second kappa shape index (κ2) is 7.23. The molecule has 2 N–H and O–H groups in total. The minimum Gasteiger partial charge on any atom is -0.435 e. The molecule has 150 valence electrons. The molecule has 0 fully saturated rings. The summed E-state index contributed by atoms with van der Waals surface area (Å²) < 4.78 is 22.3. The number of rotatable bonds is 3. The van der Waals surface area contributed by atoms with Crippen LogP contribution in [0.5, 0.6) is 11.6 Å². The predicted octanol–water partition coefficient (Wildman–Crippen LogP) is 4.35. The van der Waals surface area contributed by atoms with E-state index in [2.05, 4.69) is 20.6 Å². The van der Waals surface area contributed by atoms with Crippen molar-refractivity contribution in [3.05, 3.63) is 77.6 Å². The van der Waals surface area contributed by atoms with E-state index in [1.54, 1.807) is 18.2 Å². The Morgan fingerprint density at radius 2 is 2.10 bits per heavy atom. The number of nitrogens with zero attached hydrogens (tertiary/aromatic N) is 3. The number of ether oxygens (including phenoxy) is 1. The Morgan fingerprint density at radius 1 is 1.20 bits per heavy atom. The summed E-state index contributed by atoms with van der Waals surface area (Å²) in [5.41, 5.74) is 3.82. The van der Waals surface area contributed by atoms with Gasteiger partial charge in [0.2, 0.25) is 5.88 Å². The van der Waals surface area contributed by atoms with Crippen LogP contribution in [0.1, 0.15) is 16.8 Å². The molecule has 0 spiro atoms. The van der Waals surface area contributed by atoms with E-state index in [0.29, 0.717) is 30.2 Å². The number of carbonyl (C=O) groups excluding carboxylic acids is 1. The van der Waals surface area contributed by atoms with Gasteiger partial charge in [-0.05, 0) is 42.8 Å². The van der Waals surface area contributed by atoms with Crippen molar-refractivity contribution in [3.8, 4) is 11.6 Å². The van der Waals surface area contributed by atoms with Crippen LogP contribution in [-0.4, -0.2) is 20.6 Å². The molecule has 4 aromatic rings. The van der Waals surface area contributed by atoms with E-state index >= 15 is 4.39 Å². The summed E-state index contributed by atoms with van der Waals surface area (Å²) in [6, 6.07) is 11.8. The van der Waals surface area contributed by atoms with Crippen LogP contribution >= 0.6 is 0 Å². The number of hydrogen-bond acceptors (Lipinski definition) is 5. The molecule has 1 aliphatic heterocycles. The van der Waals surface area contributed by atoms with E-state index < -0.39 is 5.82 Å². The fourth-order valence-corrected chi connectivity index (χ4v) is 3.58. The van der Waals surface area contributed by atoms with Crippen molar-refractivity contribution in [2.45, 2.75) is 20.0 Å². The molecule has 0 saturated heterocycles. The average Bonchev–Trinajstić information content (AvgIpc) is 3.38. The van der Waals surface area contributed by atoms with Gasteiger partial charge in [-0.3, -0.25) is 4.57 Å². The topological polar surface area (TPSA) is 81.1 Å². The number of anilines is 1. The first kappa shape index (κ1) is 18.3. The van der Waals surface area contributed by atoms with Crippen LogP contribution in [0, 0.1) is 12.7 Å². The summed E-state index contributed by atoms with van der Waals surface area (Å²) in [4.78, 5) is 21.0. The molecule has 2 aromatic carbocycles. The highest BCUT2D eigenvalue weighted by Crippen LogP contribution is 2.32. The molecule has 0 bridgehead atoms. The molecule has 30 heavy (non-hydrogen) atoms. The molecule has 5 rings (SSSR count). The summed E-state index contributed by atoms with van der Waals surface area (Å²) in [5.74, 6) is -0.167. The summed E-state index contributed by atoms with van der Waals surface area (Å²) >= 11 is 0. The Morgan fingerprint density at radius 3 is 2.97 bits per heavy atom. The van der Waals surface area contributed by atoms with Crippen molar-refractivity contribution in [1.29, 1.82) is 0 Å². The molecule has 2 aromatic heterocycles. The number of aromatic nitrogens is 3. The molecular weight excluding hydrogens is 385 g/mol. The maximum Gasteiger partial charge on any atom is 0.330 e. The molecule has 3 heterocycles. The number of amides is 1. The van der Waals surface area contributed by atoms with Gasteiger partial charge in [-0.2, -0.15) is 0 Å². The van der Waals surface area contributed by atoms with Gasteiger partial charge in [0.05, 0.1) is 16.8 Å². The first-order valence-electron chi connectivity index (χ1n) is 9.49. The molecule has 1 amide bonds. The van der Waals surface area contributed by atoms with E-state index in [4.69, 9.17) is 4.74 Å². The third kappa shape index (κ3) is 3.17. The van der Waals surface area contributed by atoms with Gasteiger partial charge in [0.25, 0.3) is 0 Å². The number of fused-ring (bicyclic) bond motifs is 2. The normalized spacial score (nSPS) is 12.7. The standard InChI is InChI=1S/C22H18FN5O2/c1-13-3-2-4-14(9-13)27-22(29)28-8-7-15-18(28)5-6-19(20(15)23)30-21-16-10-24-11-17(16)25-12-26-21/h2-9,12,24H,10-11H2,1H3,(H,27,29). The highest BCUT2D eigenvalue weighted by molar-refractivity contribution is 5.99. The average molecular weight is 403 g/mol. The van der Waals surface area contributed by atoms with E-state index in [1.165, 1.54) is 23.2 Å². The van der Waals surface area contributed by atoms with Crippen molar-refractivity contribution in [2.75, 3.05) is 5.32 Å².